The Morgan fingerprint density at radius 1 is 0.839 bits per heavy atom. The van der Waals surface area contributed by atoms with Gasteiger partial charge in [-0.2, -0.15) is 5.10 Å². The van der Waals surface area contributed by atoms with E-state index < -0.39 is 0 Å². The molecule has 9 heteroatoms. The first-order chi connectivity index (χ1) is 15.3. The Morgan fingerprint density at radius 3 is 2.65 bits per heavy atom. The van der Waals surface area contributed by atoms with Gasteiger partial charge in [0.1, 0.15) is 17.2 Å². The van der Waals surface area contributed by atoms with E-state index >= 15 is 0 Å². The number of nitrogens with zero attached hydrogens (tertiary/aromatic N) is 6. The number of rotatable bonds is 3. The first kappa shape index (κ1) is 17.3. The predicted octanol–water partition coefficient (Wildman–Crippen LogP) is 4.16. The lowest BCUT2D eigenvalue weighted by molar-refractivity contribution is 0.631. The summed E-state index contributed by atoms with van der Waals surface area (Å²) in [5, 5.41) is 8.22. The van der Waals surface area contributed by atoms with Gasteiger partial charge in [-0.1, -0.05) is 18.2 Å². The third-order valence-electron chi connectivity index (χ3n) is 5.05. The molecule has 0 atom stereocenters. The fourth-order valence-corrected chi connectivity index (χ4v) is 3.60. The van der Waals surface area contributed by atoms with Crippen molar-refractivity contribution in [3.8, 4) is 34.0 Å². The first-order valence-electron chi connectivity index (χ1n) is 9.48. The van der Waals surface area contributed by atoms with Crippen LogP contribution in [0.1, 0.15) is 0 Å². The van der Waals surface area contributed by atoms with Gasteiger partial charge in [-0.25, -0.2) is 14.4 Å². The van der Waals surface area contributed by atoms with Crippen LogP contribution in [0.25, 0.3) is 56.1 Å². The number of benzene rings is 1. The summed E-state index contributed by atoms with van der Waals surface area (Å²) in [4.78, 5) is 25.1. The lowest BCUT2D eigenvalue weighted by Gasteiger charge is -2.03. The first-order valence-corrected chi connectivity index (χ1v) is 9.48. The Kier molecular flexibility index (Phi) is 3.79. The molecule has 148 valence electrons. The van der Waals surface area contributed by atoms with E-state index in [-0.39, 0.29) is 5.82 Å². The number of fused-ring (bicyclic) bond motifs is 2. The molecule has 1 aromatic carbocycles. The average Bonchev–Trinajstić information content (AvgIpc) is 3.43. The van der Waals surface area contributed by atoms with Gasteiger partial charge in [0.15, 0.2) is 11.5 Å². The maximum absolute atomic E-state index is 14.4. The summed E-state index contributed by atoms with van der Waals surface area (Å²) < 4.78 is 14.4. The molecule has 0 aliphatic heterocycles. The van der Waals surface area contributed by atoms with Crippen LogP contribution in [0.5, 0.6) is 0 Å². The number of imidazole rings is 1. The maximum Gasteiger partial charge on any atom is 0.178 e. The van der Waals surface area contributed by atoms with Gasteiger partial charge in [0, 0.05) is 35.1 Å². The van der Waals surface area contributed by atoms with Gasteiger partial charge in [-0.05, 0) is 18.2 Å². The minimum absolute atomic E-state index is 0.309. The van der Waals surface area contributed by atoms with Gasteiger partial charge < -0.3 is 4.98 Å². The molecule has 31 heavy (non-hydrogen) atoms. The monoisotopic (exact) mass is 408 g/mol. The Morgan fingerprint density at radius 2 is 1.77 bits per heavy atom. The van der Waals surface area contributed by atoms with Crippen molar-refractivity contribution in [1.82, 2.24) is 40.1 Å². The van der Waals surface area contributed by atoms with Gasteiger partial charge in [-0.15, -0.1) is 0 Å². The van der Waals surface area contributed by atoms with Gasteiger partial charge in [-0.3, -0.25) is 20.1 Å². The average molecular weight is 408 g/mol. The number of hydrogen-bond donors (Lipinski definition) is 2. The van der Waals surface area contributed by atoms with Crippen molar-refractivity contribution in [2.24, 2.45) is 0 Å². The van der Waals surface area contributed by atoms with Crippen molar-refractivity contribution >= 4 is 22.1 Å². The van der Waals surface area contributed by atoms with E-state index in [9.17, 15) is 4.39 Å². The summed E-state index contributed by atoms with van der Waals surface area (Å²) in [6.07, 6.45) is 8.20. The van der Waals surface area contributed by atoms with Gasteiger partial charge in [0.2, 0.25) is 0 Å². The topological polar surface area (TPSA) is 109 Å². The predicted molar refractivity (Wildman–Crippen MR) is 113 cm³/mol. The Labute approximate surface area is 174 Å². The number of pyridine rings is 2. The SMILES string of the molecule is Fc1ccccc1-c1ccnc2nc(-c3n[nH]c4cnc(-c5cnccn5)cc34)[nH]c12. The third-order valence-corrected chi connectivity index (χ3v) is 5.05. The molecule has 0 bridgehead atoms. The van der Waals surface area contributed by atoms with E-state index in [1.807, 2.05) is 6.07 Å². The minimum Gasteiger partial charge on any atom is -0.335 e. The van der Waals surface area contributed by atoms with Gasteiger partial charge >= 0.3 is 0 Å². The second kappa shape index (κ2) is 6.77. The van der Waals surface area contributed by atoms with E-state index in [0.717, 1.165) is 10.9 Å². The molecule has 2 N–H and O–H groups in total. The van der Waals surface area contributed by atoms with E-state index in [1.165, 1.54) is 6.07 Å². The number of H-pyrrole nitrogens is 2. The van der Waals surface area contributed by atoms with Crippen LogP contribution in [-0.2, 0) is 0 Å². The van der Waals surface area contributed by atoms with Crippen molar-refractivity contribution in [1.29, 1.82) is 0 Å². The maximum atomic E-state index is 14.4. The zero-order valence-corrected chi connectivity index (χ0v) is 15.9. The zero-order valence-electron chi connectivity index (χ0n) is 15.9. The molecule has 0 aliphatic rings. The highest BCUT2D eigenvalue weighted by atomic mass is 19.1. The molecule has 0 unspecified atom stereocenters. The highest BCUT2D eigenvalue weighted by Gasteiger charge is 2.17. The second-order valence-electron chi connectivity index (χ2n) is 6.90. The Hall–Kier alpha value is -4.53. The molecule has 0 aliphatic carbocycles. The lowest BCUT2D eigenvalue weighted by atomic mass is 10.1. The van der Waals surface area contributed by atoms with Crippen molar-refractivity contribution in [2.75, 3.05) is 0 Å². The van der Waals surface area contributed by atoms with Crippen LogP contribution in [-0.4, -0.2) is 40.1 Å². The minimum atomic E-state index is -0.309. The van der Waals surface area contributed by atoms with Crippen molar-refractivity contribution in [3.63, 3.8) is 0 Å². The molecule has 6 aromatic rings. The molecule has 0 saturated carbocycles. The molecule has 0 spiro atoms. The van der Waals surface area contributed by atoms with E-state index in [1.54, 1.807) is 55.2 Å². The highest BCUT2D eigenvalue weighted by Crippen LogP contribution is 2.32. The van der Waals surface area contributed by atoms with Crippen LogP contribution in [0.3, 0.4) is 0 Å². The quantitative estimate of drug-likeness (QED) is 0.455. The van der Waals surface area contributed by atoms with E-state index in [0.29, 0.717) is 45.2 Å². The van der Waals surface area contributed by atoms with Crippen LogP contribution in [0, 0.1) is 5.82 Å². The third kappa shape index (κ3) is 2.83. The van der Waals surface area contributed by atoms with E-state index in [4.69, 9.17) is 0 Å². The molecular weight excluding hydrogens is 395 g/mol. The summed E-state index contributed by atoms with van der Waals surface area (Å²) in [5.41, 5.74) is 4.98. The van der Waals surface area contributed by atoms with Gasteiger partial charge in [0.25, 0.3) is 0 Å². The lowest BCUT2D eigenvalue weighted by Crippen LogP contribution is -1.88. The molecule has 0 radical (unpaired) electrons. The van der Waals surface area contributed by atoms with Crippen molar-refractivity contribution in [3.05, 3.63) is 73.2 Å². The van der Waals surface area contributed by atoms with E-state index in [2.05, 4.69) is 40.1 Å². The summed E-state index contributed by atoms with van der Waals surface area (Å²) >= 11 is 0. The normalized spacial score (nSPS) is 11.4. The Bertz CT molecular complexity index is 1550. The summed E-state index contributed by atoms with van der Waals surface area (Å²) in [5.74, 6) is 0.213. The molecular formula is C22H13FN8. The number of aromatic nitrogens is 8. The fourth-order valence-electron chi connectivity index (χ4n) is 3.60. The standard InChI is InChI=1S/C22H13FN8/c23-15-4-2-1-3-12(15)13-5-6-26-21-19(13)28-22(29-21)20-14-9-16(18-10-24-7-8-25-18)27-11-17(14)30-31-20/h1-11H,(H,30,31)(H,26,28,29). The molecule has 5 aromatic heterocycles. The van der Waals surface area contributed by atoms with Crippen LogP contribution in [0.15, 0.2) is 67.4 Å². The second-order valence-corrected chi connectivity index (χ2v) is 6.90. The smallest absolute Gasteiger partial charge is 0.178 e. The molecule has 0 fully saturated rings. The summed E-state index contributed by atoms with van der Waals surface area (Å²) in [7, 11) is 0. The van der Waals surface area contributed by atoms with Crippen LogP contribution < -0.4 is 0 Å². The zero-order chi connectivity index (χ0) is 20.8. The molecule has 8 nitrogen and oxygen atoms in total. The molecule has 0 saturated heterocycles. The summed E-state index contributed by atoms with van der Waals surface area (Å²) in [6.45, 7) is 0. The largest absolute Gasteiger partial charge is 0.335 e. The van der Waals surface area contributed by atoms with Gasteiger partial charge in [0.05, 0.1) is 29.1 Å². The fraction of sp³-hybridized carbons (Fsp3) is 0. The number of hydrogen-bond acceptors (Lipinski definition) is 6. The number of aromatic amines is 2. The van der Waals surface area contributed by atoms with Crippen LogP contribution in [0.4, 0.5) is 4.39 Å². The van der Waals surface area contributed by atoms with Crippen molar-refractivity contribution in [2.45, 2.75) is 0 Å². The van der Waals surface area contributed by atoms with Crippen LogP contribution in [0.2, 0.25) is 0 Å². The molecule has 0 amide bonds. The number of halogens is 1. The summed E-state index contributed by atoms with van der Waals surface area (Å²) in [6, 6.07) is 10.3. The van der Waals surface area contributed by atoms with Crippen LogP contribution >= 0.6 is 0 Å². The molecule has 6 rings (SSSR count). The Balaban J connectivity index is 1.53. The molecule has 5 heterocycles. The highest BCUT2D eigenvalue weighted by molar-refractivity contribution is 5.96. The number of nitrogens with one attached hydrogen (secondary N) is 2. The van der Waals surface area contributed by atoms with Crippen molar-refractivity contribution < 1.29 is 4.39 Å².